The zero-order chi connectivity index (χ0) is 22.4. The van der Waals surface area contributed by atoms with Gasteiger partial charge >= 0.3 is 0 Å². The predicted octanol–water partition coefficient (Wildman–Crippen LogP) is 6.81. The second-order valence-electron chi connectivity index (χ2n) is 8.17. The van der Waals surface area contributed by atoms with Crippen LogP contribution in [0.15, 0.2) is 96.4 Å². The van der Waals surface area contributed by atoms with Crippen LogP contribution in [0.4, 0.5) is 0 Å². The molecule has 1 N–H and O–H groups in total. The Bertz CT molecular complexity index is 1440. The molecule has 2 aromatic heterocycles. The lowest BCUT2D eigenvalue weighted by molar-refractivity contribution is -0.538. The van der Waals surface area contributed by atoms with Crippen molar-refractivity contribution in [3.8, 4) is 17.0 Å². The summed E-state index contributed by atoms with van der Waals surface area (Å²) in [5.41, 5.74) is 4.66. The molecule has 0 saturated heterocycles. The van der Waals surface area contributed by atoms with Gasteiger partial charge in [-0.3, -0.25) is 10.1 Å². The molecule has 3 atom stereocenters. The molecule has 6 heteroatoms. The summed E-state index contributed by atoms with van der Waals surface area (Å²) < 4.78 is 6.29. The molecule has 0 unspecified atom stereocenters. The van der Waals surface area contributed by atoms with E-state index < -0.39 is 18.1 Å². The molecule has 0 fully saturated rings. The van der Waals surface area contributed by atoms with Gasteiger partial charge in [-0.15, -0.1) is 11.3 Å². The second kappa shape index (κ2) is 7.90. The Kier molecular flexibility index (Phi) is 4.73. The number of hydrogen-bond donors (Lipinski definition) is 1. The number of nitro groups is 1. The van der Waals surface area contributed by atoms with Crippen molar-refractivity contribution < 1.29 is 9.66 Å². The highest BCUT2D eigenvalue weighted by molar-refractivity contribution is 7.10. The third-order valence-corrected chi connectivity index (χ3v) is 7.28. The summed E-state index contributed by atoms with van der Waals surface area (Å²) in [5.74, 6) is 0.215. The summed E-state index contributed by atoms with van der Waals surface area (Å²) in [6.07, 6.45) is -0.669. The van der Waals surface area contributed by atoms with Gasteiger partial charge in [0.1, 0.15) is 5.75 Å². The first-order valence-electron chi connectivity index (χ1n) is 10.8. The number of ether oxygens (including phenoxy) is 1. The number of rotatable bonds is 4. The summed E-state index contributed by atoms with van der Waals surface area (Å²) in [6.45, 7) is 0. The first-order valence-corrected chi connectivity index (χ1v) is 11.7. The van der Waals surface area contributed by atoms with Crippen molar-refractivity contribution in [1.29, 1.82) is 0 Å². The van der Waals surface area contributed by atoms with Crippen molar-refractivity contribution in [3.63, 3.8) is 0 Å². The normalized spacial score (nSPS) is 19.7. The molecule has 1 aliphatic heterocycles. The number of thiophene rings is 1. The van der Waals surface area contributed by atoms with E-state index >= 15 is 0 Å². The molecular formula is C27H20N2O3S. The first kappa shape index (κ1) is 19.8. The third kappa shape index (κ3) is 3.22. The van der Waals surface area contributed by atoms with Crippen molar-refractivity contribution in [2.75, 3.05) is 0 Å². The predicted molar refractivity (Wildman–Crippen MR) is 130 cm³/mol. The van der Waals surface area contributed by atoms with E-state index in [1.54, 1.807) is 0 Å². The molecule has 0 saturated carbocycles. The summed E-state index contributed by atoms with van der Waals surface area (Å²) in [7, 11) is 0. The Morgan fingerprint density at radius 3 is 2.42 bits per heavy atom. The molecule has 3 aromatic carbocycles. The SMILES string of the molecule is O=[N+]([O-])[C@H]1[C@H](c2c(-c3ccccc3)[nH]c3ccccc23)c2ccccc2O[C@H]1c1cccs1. The Morgan fingerprint density at radius 1 is 0.879 bits per heavy atom. The van der Waals surface area contributed by atoms with Crippen molar-refractivity contribution in [2.45, 2.75) is 18.1 Å². The molecule has 3 heterocycles. The van der Waals surface area contributed by atoms with Gasteiger partial charge in [-0.25, -0.2) is 0 Å². The highest BCUT2D eigenvalue weighted by atomic mass is 32.1. The van der Waals surface area contributed by atoms with E-state index in [0.717, 1.165) is 38.2 Å². The summed E-state index contributed by atoms with van der Waals surface area (Å²) in [6, 6.07) is 28.6. The molecular weight excluding hydrogens is 432 g/mol. The van der Waals surface area contributed by atoms with Crippen molar-refractivity contribution in [2.24, 2.45) is 0 Å². The minimum atomic E-state index is -0.972. The monoisotopic (exact) mass is 452 g/mol. The van der Waals surface area contributed by atoms with Crippen LogP contribution in [-0.4, -0.2) is 15.9 Å². The van der Waals surface area contributed by atoms with Gasteiger partial charge in [-0.1, -0.05) is 72.8 Å². The molecule has 5 nitrogen and oxygen atoms in total. The Hall–Kier alpha value is -3.90. The van der Waals surface area contributed by atoms with E-state index in [9.17, 15) is 10.1 Å². The number of para-hydroxylation sites is 2. The fraction of sp³-hybridized carbons (Fsp3) is 0.111. The molecule has 0 amide bonds. The van der Waals surface area contributed by atoms with Crippen molar-refractivity contribution in [3.05, 3.63) is 122 Å². The fourth-order valence-electron chi connectivity index (χ4n) is 4.97. The molecule has 0 spiro atoms. The van der Waals surface area contributed by atoms with Gasteiger partial charge in [0.15, 0.2) is 0 Å². The van der Waals surface area contributed by atoms with Gasteiger partial charge in [0.05, 0.1) is 16.5 Å². The Morgan fingerprint density at radius 2 is 1.64 bits per heavy atom. The van der Waals surface area contributed by atoms with E-state index in [1.165, 1.54) is 11.3 Å². The number of aromatic nitrogens is 1. The Labute approximate surface area is 194 Å². The summed E-state index contributed by atoms with van der Waals surface area (Å²) in [5, 5.41) is 15.6. The maximum Gasteiger partial charge on any atom is 0.265 e. The molecule has 0 radical (unpaired) electrons. The molecule has 5 aromatic rings. The average molecular weight is 453 g/mol. The Balaban J connectivity index is 1.67. The number of H-pyrrole nitrogens is 1. The van der Waals surface area contributed by atoms with Crippen molar-refractivity contribution in [1.82, 2.24) is 4.98 Å². The van der Waals surface area contributed by atoms with Gasteiger partial charge in [0.2, 0.25) is 6.10 Å². The van der Waals surface area contributed by atoms with E-state index in [-0.39, 0.29) is 4.92 Å². The first-order chi connectivity index (χ1) is 16.2. The standard InChI is InChI=1S/C27H20N2O3S/c30-29(31)26-24(19-12-5-7-14-21(19)32-27(26)22-15-8-16-33-22)23-18-11-4-6-13-20(18)28-25(23)17-9-2-1-3-10-17/h1-16,24,26-28H/t24-,26-,27-/m0/s1. The van der Waals surface area contributed by atoms with Crippen LogP contribution >= 0.6 is 11.3 Å². The number of aromatic amines is 1. The molecule has 0 aliphatic carbocycles. The number of hydrogen-bond acceptors (Lipinski definition) is 4. The smallest absolute Gasteiger partial charge is 0.265 e. The van der Waals surface area contributed by atoms with E-state index in [1.807, 2.05) is 96.4 Å². The molecule has 162 valence electrons. The van der Waals surface area contributed by atoms with Crippen LogP contribution in [0.3, 0.4) is 0 Å². The average Bonchev–Trinajstić information content (AvgIpc) is 3.52. The number of nitrogens with one attached hydrogen (secondary N) is 1. The molecule has 1 aliphatic rings. The quantitative estimate of drug-likeness (QED) is 0.241. The lowest BCUT2D eigenvalue weighted by Gasteiger charge is -2.34. The van der Waals surface area contributed by atoms with Gasteiger partial charge in [0, 0.05) is 27.0 Å². The van der Waals surface area contributed by atoms with Crippen LogP contribution in [0.2, 0.25) is 0 Å². The zero-order valence-corrected chi connectivity index (χ0v) is 18.4. The van der Waals surface area contributed by atoms with E-state index in [2.05, 4.69) is 4.98 Å². The van der Waals surface area contributed by atoms with Crippen molar-refractivity contribution >= 4 is 22.2 Å². The fourth-order valence-corrected chi connectivity index (χ4v) is 5.76. The summed E-state index contributed by atoms with van der Waals surface area (Å²) in [4.78, 5) is 16.9. The van der Waals surface area contributed by atoms with Gasteiger partial charge in [0.25, 0.3) is 6.04 Å². The zero-order valence-electron chi connectivity index (χ0n) is 17.5. The highest BCUT2D eigenvalue weighted by Crippen LogP contribution is 2.51. The number of fused-ring (bicyclic) bond motifs is 2. The van der Waals surface area contributed by atoms with Crippen LogP contribution in [-0.2, 0) is 0 Å². The maximum absolute atomic E-state index is 12.7. The molecule has 0 bridgehead atoms. The minimum Gasteiger partial charge on any atom is -0.477 e. The largest absolute Gasteiger partial charge is 0.477 e. The topological polar surface area (TPSA) is 68.2 Å². The lowest BCUT2D eigenvalue weighted by atomic mass is 9.78. The van der Waals surface area contributed by atoms with Gasteiger partial charge < -0.3 is 9.72 Å². The van der Waals surface area contributed by atoms with Gasteiger partial charge in [-0.2, -0.15) is 0 Å². The lowest BCUT2D eigenvalue weighted by Crippen LogP contribution is -2.40. The number of nitrogens with zero attached hydrogens (tertiary/aromatic N) is 1. The number of benzene rings is 3. The van der Waals surface area contributed by atoms with Gasteiger partial charge in [-0.05, 0) is 29.1 Å². The molecule has 33 heavy (non-hydrogen) atoms. The van der Waals surface area contributed by atoms with Crippen LogP contribution in [0, 0.1) is 10.1 Å². The second-order valence-corrected chi connectivity index (χ2v) is 9.15. The third-order valence-electron chi connectivity index (χ3n) is 6.35. The van der Waals surface area contributed by atoms with E-state index in [0.29, 0.717) is 5.75 Å². The van der Waals surface area contributed by atoms with Crippen LogP contribution in [0.1, 0.15) is 28.0 Å². The van der Waals surface area contributed by atoms with Crippen LogP contribution < -0.4 is 4.74 Å². The van der Waals surface area contributed by atoms with Crippen LogP contribution in [0.5, 0.6) is 5.75 Å². The van der Waals surface area contributed by atoms with Crippen LogP contribution in [0.25, 0.3) is 22.2 Å². The van der Waals surface area contributed by atoms with E-state index in [4.69, 9.17) is 4.74 Å². The maximum atomic E-state index is 12.7. The summed E-state index contributed by atoms with van der Waals surface area (Å²) >= 11 is 1.49. The molecule has 6 rings (SSSR count). The highest BCUT2D eigenvalue weighted by Gasteiger charge is 2.50. The minimum absolute atomic E-state index is 0.165.